The van der Waals surface area contributed by atoms with Crippen LogP contribution in [-0.4, -0.2) is 29.0 Å². The lowest BCUT2D eigenvalue weighted by atomic mass is 10.1. The van der Waals surface area contributed by atoms with E-state index in [1.165, 1.54) is 38.8 Å². The second-order valence-corrected chi connectivity index (χ2v) is 8.07. The highest BCUT2D eigenvalue weighted by Gasteiger charge is 2.02. The number of benzene rings is 1. The number of hydrogen-bond acceptors (Lipinski definition) is 4. The van der Waals surface area contributed by atoms with Crippen LogP contribution in [0.1, 0.15) is 69.6 Å². The minimum Gasteiger partial charge on any atom is -0.399 e. The molecule has 0 aliphatic heterocycles. The third kappa shape index (κ3) is 17.1. The van der Waals surface area contributed by atoms with Crippen molar-refractivity contribution in [3.05, 3.63) is 78.4 Å². The summed E-state index contributed by atoms with van der Waals surface area (Å²) in [5, 5.41) is 2.59. The molecule has 0 bridgehead atoms. The van der Waals surface area contributed by atoms with Crippen LogP contribution >= 0.6 is 0 Å². The fraction of sp³-hybridized carbons (Fsp3) is 0.444. The van der Waals surface area contributed by atoms with Gasteiger partial charge < -0.3 is 21.8 Å². The highest BCUT2D eigenvalue weighted by atomic mass is 19.3. The second-order valence-electron chi connectivity index (χ2n) is 8.07. The number of nitrogens with one attached hydrogen (secondary N) is 2. The van der Waals surface area contributed by atoms with E-state index in [2.05, 4.69) is 35.7 Å². The number of halogens is 3. The van der Waals surface area contributed by atoms with Gasteiger partial charge in [-0.2, -0.15) is 0 Å². The molecule has 0 amide bonds. The Morgan fingerprint density at radius 2 is 1.66 bits per heavy atom. The Bertz CT molecular complexity index is 859. The molecule has 196 valence electrons. The SMILES string of the molecule is C=C(N)c1ccc(NCC(F)F)cc1.CCCC(N)CCC.Cc1ccccncc(C(C)F)[nH]1. The topological polar surface area (TPSA) is 92.8 Å². The number of nitrogens with zero attached hydrogens (tertiary/aromatic N) is 1. The minimum absolute atomic E-state index is 0.344. The zero-order valence-electron chi connectivity index (χ0n) is 21.4. The summed E-state index contributed by atoms with van der Waals surface area (Å²) in [4.78, 5) is 6.86. The first-order valence-corrected chi connectivity index (χ1v) is 11.9. The Morgan fingerprint density at radius 1 is 1.06 bits per heavy atom. The molecule has 0 aliphatic rings. The Balaban J connectivity index is 0.000000516. The molecule has 0 spiro atoms. The molecule has 1 unspecified atom stereocenters. The third-order valence-corrected chi connectivity index (χ3v) is 4.65. The number of aryl methyl sites for hydroxylation is 1. The molecule has 0 fully saturated rings. The van der Waals surface area contributed by atoms with E-state index < -0.39 is 12.6 Å². The van der Waals surface area contributed by atoms with Crippen molar-refractivity contribution in [2.45, 2.75) is 72.0 Å². The summed E-state index contributed by atoms with van der Waals surface area (Å²) in [6, 6.07) is 12.8. The van der Waals surface area contributed by atoms with Gasteiger partial charge in [-0.1, -0.05) is 51.5 Å². The Kier molecular flexibility index (Phi) is 17.7. The summed E-state index contributed by atoms with van der Waals surface area (Å²) in [7, 11) is 0. The van der Waals surface area contributed by atoms with Gasteiger partial charge in [0.25, 0.3) is 6.43 Å². The van der Waals surface area contributed by atoms with Gasteiger partial charge >= 0.3 is 0 Å². The number of alkyl halides is 3. The lowest BCUT2D eigenvalue weighted by molar-refractivity contribution is 0.163. The Morgan fingerprint density at radius 3 is 2.14 bits per heavy atom. The van der Waals surface area contributed by atoms with Crippen molar-refractivity contribution in [2.75, 3.05) is 11.9 Å². The van der Waals surface area contributed by atoms with Gasteiger partial charge in [0, 0.05) is 35.5 Å². The van der Waals surface area contributed by atoms with Gasteiger partial charge in [-0.3, -0.25) is 4.98 Å². The Labute approximate surface area is 208 Å². The van der Waals surface area contributed by atoms with Gasteiger partial charge in [0.2, 0.25) is 0 Å². The highest BCUT2D eigenvalue weighted by molar-refractivity contribution is 5.62. The summed E-state index contributed by atoms with van der Waals surface area (Å²) >= 11 is 0. The Hall–Kier alpha value is -3.00. The number of aromatic amines is 1. The van der Waals surface area contributed by atoms with Gasteiger partial charge in [0.1, 0.15) is 6.17 Å². The molecule has 1 heterocycles. The molecule has 2 aromatic rings. The minimum atomic E-state index is -2.35. The van der Waals surface area contributed by atoms with Crippen LogP contribution in [0, 0.1) is 6.92 Å². The van der Waals surface area contributed by atoms with Crippen molar-refractivity contribution < 1.29 is 13.2 Å². The molecule has 0 aliphatic carbocycles. The predicted molar refractivity (Wildman–Crippen MR) is 142 cm³/mol. The molecule has 2 rings (SSSR count). The van der Waals surface area contributed by atoms with Crippen LogP contribution in [-0.2, 0) is 0 Å². The molecule has 0 radical (unpaired) electrons. The van der Waals surface area contributed by atoms with E-state index in [0.717, 1.165) is 11.3 Å². The first-order chi connectivity index (χ1) is 16.6. The van der Waals surface area contributed by atoms with Crippen molar-refractivity contribution in [1.29, 1.82) is 0 Å². The molecule has 5 nitrogen and oxygen atoms in total. The van der Waals surface area contributed by atoms with Crippen molar-refractivity contribution in [3.8, 4) is 0 Å². The van der Waals surface area contributed by atoms with Crippen LogP contribution in [0.25, 0.3) is 5.70 Å². The van der Waals surface area contributed by atoms with E-state index >= 15 is 0 Å². The molecular weight excluding hydrogens is 451 g/mol. The van der Waals surface area contributed by atoms with Crippen LogP contribution in [0.4, 0.5) is 18.9 Å². The zero-order chi connectivity index (χ0) is 26.6. The molecule has 0 saturated carbocycles. The molecule has 0 saturated heterocycles. The number of aromatic nitrogens is 2. The largest absolute Gasteiger partial charge is 0.399 e. The number of hydrogen-bond donors (Lipinski definition) is 4. The normalized spacial score (nSPS) is 10.9. The predicted octanol–water partition coefficient (Wildman–Crippen LogP) is 7.08. The summed E-state index contributed by atoms with van der Waals surface area (Å²) < 4.78 is 36.6. The molecule has 1 atom stereocenters. The average Bonchev–Trinajstić information content (AvgIpc) is 2.91. The smallest absolute Gasteiger partial charge is 0.255 e. The van der Waals surface area contributed by atoms with Gasteiger partial charge in [0.05, 0.1) is 12.2 Å². The van der Waals surface area contributed by atoms with Crippen molar-refractivity contribution in [3.63, 3.8) is 0 Å². The van der Waals surface area contributed by atoms with E-state index in [1.807, 2.05) is 19.1 Å². The van der Waals surface area contributed by atoms with E-state index in [1.54, 1.807) is 36.5 Å². The summed E-state index contributed by atoms with van der Waals surface area (Å²) in [6.07, 6.45) is 4.57. The number of nitrogens with two attached hydrogens (primary N) is 2. The van der Waals surface area contributed by atoms with E-state index in [4.69, 9.17) is 11.5 Å². The summed E-state index contributed by atoms with van der Waals surface area (Å²) in [5.41, 5.74) is 14.4. The van der Waals surface area contributed by atoms with Gasteiger partial charge in [-0.15, -0.1) is 0 Å². The second kappa shape index (κ2) is 19.3. The maximum atomic E-state index is 13.0. The lowest BCUT2D eigenvalue weighted by Crippen LogP contribution is -2.18. The standard InChI is InChI=1S/C10H12F2N2.C10H13FN2.C7H17N/c1-7(13)8-2-4-9(5-3-8)14-6-10(11)12;1-8-5-3-4-6-12-7-10(13-8)9(2)11;1-3-5-7(8)6-4-2/h2-5,10,14H,1,6,13H2;3-7,9,13H,1-2H3;7H,3-6,8H2,1-2H3. The molecule has 6 N–H and O–H groups in total. The molecule has 35 heavy (non-hydrogen) atoms. The van der Waals surface area contributed by atoms with Crippen molar-refractivity contribution in [2.24, 2.45) is 11.5 Å². The van der Waals surface area contributed by atoms with Crippen molar-refractivity contribution >= 4 is 11.4 Å². The maximum absolute atomic E-state index is 13.0. The molecule has 8 heteroatoms. The number of rotatable bonds is 9. The third-order valence-electron chi connectivity index (χ3n) is 4.65. The van der Waals surface area contributed by atoms with Crippen LogP contribution in [0.5, 0.6) is 0 Å². The summed E-state index contributed by atoms with van der Waals surface area (Å²) in [5.74, 6) is 0. The van der Waals surface area contributed by atoms with Gasteiger partial charge in [-0.05, 0) is 56.5 Å². The van der Waals surface area contributed by atoms with E-state index in [-0.39, 0.29) is 6.54 Å². The van der Waals surface area contributed by atoms with Crippen LogP contribution in [0.15, 0.2) is 61.4 Å². The molecule has 1 aromatic carbocycles. The fourth-order valence-electron chi connectivity index (χ4n) is 2.81. The monoisotopic (exact) mass is 493 g/mol. The first-order valence-electron chi connectivity index (χ1n) is 11.9. The average molecular weight is 494 g/mol. The molecular formula is C27H42F3N5. The van der Waals surface area contributed by atoms with E-state index in [9.17, 15) is 13.2 Å². The lowest BCUT2D eigenvalue weighted by Gasteiger charge is -2.06. The quantitative estimate of drug-likeness (QED) is 0.300. The first kappa shape index (κ1) is 32.0. The van der Waals surface area contributed by atoms with Crippen molar-refractivity contribution in [1.82, 2.24) is 9.97 Å². The van der Waals surface area contributed by atoms with Crippen LogP contribution in [0.2, 0.25) is 0 Å². The van der Waals surface area contributed by atoms with Gasteiger partial charge in [0.15, 0.2) is 0 Å². The summed E-state index contributed by atoms with van der Waals surface area (Å²) in [6.45, 7) is 10.9. The number of H-pyrrole nitrogens is 1. The van der Waals surface area contributed by atoms with Gasteiger partial charge in [-0.25, -0.2) is 13.2 Å². The highest BCUT2D eigenvalue weighted by Crippen LogP contribution is 2.13. The van der Waals surface area contributed by atoms with E-state index in [0.29, 0.717) is 23.1 Å². The van der Waals surface area contributed by atoms with Crippen LogP contribution < -0.4 is 16.8 Å². The zero-order valence-corrected chi connectivity index (χ0v) is 21.4. The fourth-order valence-corrected chi connectivity index (χ4v) is 2.81. The number of anilines is 1. The van der Waals surface area contributed by atoms with Crippen LogP contribution in [0.3, 0.4) is 0 Å². The molecule has 1 aromatic heterocycles. The maximum Gasteiger partial charge on any atom is 0.255 e.